The highest BCUT2D eigenvalue weighted by Gasteiger charge is 2.31. The first-order valence-electron chi connectivity index (χ1n) is 10.8. The normalized spacial score (nSPS) is 14.9. The fourth-order valence-corrected chi connectivity index (χ4v) is 3.75. The van der Waals surface area contributed by atoms with Crippen molar-refractivity contribution >= 4 is 34.8 Å². The van der Waals surface area contributed by atoms with Gasteiger partial charge in [0.05, 0.1) is 12.2 Å². The summed E-state index contributed by atoms with van der Waals surface area (Å²) >= 11 is 5.99. The molecule has 3 aromatic carbocycles. The molecule has 0 saturated heterocycles. The Balaban J connectivity index is 1.48. The third-order valence-corrected chi connectivity index (χ3v) is 5.63. The van der Waals surface area contributed by atoms with Gasteiger partial charge in [-0.1, -0.05) is 42.8 Å². The number of carbonyl (C=O) groups is 2. The monoisotopic (exact) mass is 464 g/mol. The molecule has 1 heterocycles. The number of benzene rings is 3. The largest absolute Gasteiger partial charge is 0.484 e. The lowest BCUT2D eigenvalue weighted by Crippen LogP contribution is -2.44. The molecule has 0 aromatic heterocycles. The molecule has 3 aromatic rings. The van der Waals surface area contributed by atoms with E-state index in [2.05, 4.69) is 12.2 Å². The van der Waals surface area contributed by atoms with E-state index in [1.54, 1.807) is 42.2 Å². The van der Waals surface area contributed by atoms with Gasteiger partial charge in [-0.15, -0.1) is 0 Å². The van der Waals surface area contributed by atoms with E-state index < -0.39 is 6.10 Å². The molecule has 0 bridgehead atoms. The first kappa shape index (κ1) is 22.7. The molecule has 6 nitrogen and oxygen atoms in total. The summed E-state index contributed by atoms with van der Waals surface area (Å²) in [5.74, 6) is 0.788. The number of halogens is 1. The second-order valence-electron chi connectivity index (χ2n) is 7.83. The average Bonchev–Trinajstić information content (AvgIpc) is 2.82. The molecule has 7 heteroatoms. The molecule has 4 rings (SSSR count). The van der Waals surface area contributed by atoms with E-state index >= 15 is 0 Å². The van der Waals surface area contributed by atoms with E-state index in [1.165, 1.54) is 0 Å². The third-order valence-electron chi connectivity index (χ3n) is 5.38. The van der Waals surface area contributed by atoms with Crippen LogP contribution >= 0.6 is 11.6 Å². The van der Waals surface area contributed by atoms with Crippen LogP contribution in [0, 0.1) is 0 Å². The van der Waals surface area contributed by atoms with Gasteiger partial charge >= 0.3 is 0 Å². The third kappa shape index (κ3) is 5.46. The molecule has 0 saturated carbocycles. The standard InChI is InChI=1S/C26H25ClN2O4/c1-3-18-5-4-6-22(13-18)32-16-25(30)28-21-11-12-24-23(14-21)29(26(31)17(2)33-24)15-19-7-9-20(27)10-8-19/h4-14,17H,3,15-16H2,1-2H3,(H,28,30). The average molecular weight is 465 g/mol. The van der Waals surface area contributed by atoms with Crippen molar-refractivity contribution in [1.29, 1.82) is 0 Å². The molecule has 2 amide bonds. The second kappa shape index (κ2) is 9.96. The van der Waals surface area contributed by atoms with Crippen LogP contribution in [-0.4, -0.2) is 24.5 Å². The van der Waals surface area contributed by atoms with Crippen molar-refractivity contribution in [3.8, 4) is 11.5 Å². The number of rotatable bonds is 7. The van der Waals surface area contributed by atoms with Crippen LogP contribution in [0.4, 0.5) is 11.4 Å². The summed E-state index contributed by atoms with van der Waals surface area (Å²) in [4.78, 5) is 27.0. The summed E-state index contributed by atoms with van der Waals surface area (Å²) in [5.41, 5.74) is 3.23. The minimum atomic E-state index is -0.600. The van der Waals surface area contributed by atoms with Crippen molar-refractivity contribution in [2.75, 3.05) is 16.8 Å². The number of aryl methyl sites for hydroxylation is 1. The summed E-state index contributed by atoms with van der Waals surface area (Å²) in [5, 5.41) is 3.47. The Bertz CT molecular complexity index is 1160. The molecule has 33 heavy (non-hydrogen) atoms. The van der Waals surface area contributed by atoms with Crippen molar-refractivity contribution in [2.24, 2.45) is 0 Å². The van der Waals surface area contributed by atoms with Gasteiger partial charge in [-0.2, -0.15) is 0 Å². The van der Waals surface area contributed by atoms with Crippen molar-refractivity contribution in [3.63, 3.8) is 0 Å². The highest BCUT2D eigenvalue weighted by Crippen LogP contribution is 2.37. The molecule has 0 aliphatic carbocycles. The topological polar surface area (TPSA) is 67.9 Å². The van der Waals surface area contributed by atoms with Gasteiger partial charge in [0.1, 0.15) is 11.5 Å². The molecule has 1 atom stereocenters. The Hall–Kier alpha value is -3.51. The number of carbonyl (C=O) groups excluding carboxylic acids is 2. The lowest BCUT2D eigenvalue weighted by molar-refractivity contribution is -0.125. The Morgan fingerprint density at radius 1 is 1.09 bits per heavy atom. The Morgan fingerprint density at radius 2 is 1.88 bits per heavy atom. The lowest BCUT2D eigenvalue weighted by Gasteiger charge is -2.33. The molecule has 1 unspecified atom stereocenters. The van der Waals surface area contributed by atoms with Gasteiger partial charge in [0.2, 0.25) is 0 Å². The lowest BCUT2D eigenvalue weighted by atomic mass is 10.1. The van der Waals surface area contributed by atoms with Crippen LogP contribution in [0.15, 0.2) is 66.7 Å². The molecule has 170 valence electrons. The van der Waals surface area contributed by atoms with Crippen LogP contribution in [0.5, 0.6) is 11.5 Å². The molecule has 1 N–H and O–H groups in total. The van der Waals surface area contributed by atoms with Gasteiger partial charge in [-0.25, -0.2) is 0 Å². The van der Waals surface area contributed by atoms with Gasteiger partial charge in [0, 0.05) is 10.7 Å². The van der Waals surface area contributed by atoms with E-state index in [0.29, 0.717) is 34.4 Å². The summed E-state index contributed by atoms with van der Waals surface area (Å²) in [6.45, 7) is 4.03. The molecular formula is C26H25ClN2O4. The highest BCUT2D eigenvalue weighted by molar-refractivity contribution is 6.30. The number of ether oxygens (including phenoxy) is 2. The number of fused-ring (bicyclic) bond motifs is 1. The smallest absolute Gasteiger partial charge is 0.268 e. The first-order valence-corrected chi connectivity index (χ1v) is 11.2. The second-order valence-corrected chi connectivity index (χ2v) is 8.27. The zero-order valence-electron chi connectivity index (χ0n) is 18.5. The number of amides is 2. The molecule has 0 radical (unpaired) electrons. The zero-order chi connectivity index (χ0) is 23.4. The maximum absolute atomic E-state index is 12.9. The number of nitrogens with one attached hydrogen (secondary N) is 1. The number of hydrogen-bond donors (Lipinski definition) is 1. The van der Waals surface area contributed by atoms with E-state index in [0.717, 1.165) is 17.5 Å². The minimum Gasteiger partial charge on any atom is -0.484 e. The van der Waals surface area contributed by atoms with Crippen LogP contribution in [-0.2, 0) is 22.6 Å². The predicted molar refractivity (Wildman–Crippen MR) is 129 cm³/mol. The molecular weight excluding hydrogens is 440 g/mol. The minimum absolute atomic E-state index is 0.120. The van der Waals surface area contributed by atoms with Gasteiger partial charge in [0.25, 0.3) is 11.8 Å². The summed E-state index contributed by atoms with van der Waals surface area (Å²) in [7, 11) is 0. The summed E-state index contributed by atoms with van der Waals surface area (Å²) < 4.78 is 11.4. The quantitative estimate of drug-likeness (QED) is 0.519. The molecule has 0 spiro atoms. The number of hydrogen-bond acceptors (Lipinski definition) is 4. The van der Waals surface area contributed by atoms with Crippen LogP contribution in [0.25, 0.3) is 0 Å². The van der Waals surface area contributed by atoms with Crippen LogP contribution < -0.4 is 19.7 Å². The summed E-state index contributed by atoms with van der Waals surface area (Å²) in [6, 6.07) is 20.3. The van der Waals surface area contributed by atoms with Crippen molar-refractivity contribution < 1.29 is 19.1 Å². The molecule has 0 fully saturated rings. The zero-order valence-corrected chi connectivity index (χ0v) is 19.3. The molecule has 1 aliphatic rings. The van der Waals surface area contributed by atoms with E-state index in [9.17, 15) is 9.59 Å². The fourth-order valence-electron chi connectivity index (χ4n) is 3.62. The Kier molecular flexibility index (Phi) is 6.84. The fraction of sp³-hybridized carbons (Fsp3) is 0.231. The molecule has 1 aliphatic heterocycles. The predicted octanol–water partition coefficient (Wildman–Crippen LogP) is 5.23. The number of anilines is 2. The van der Waals surface area contributed by atoms with E-state index in [-0.39, 0.29) is 18.4 Å². The van der Waals surface area contributed by atoms with E-state index in [4.69, 9.17) is 21.1 Å². The van der Waals surface area contributed by atoms with Crippen LogP contribution in [0.1, 0.15) is 25.0 Å². The maximum atomic E-state index is 12.9. The Labute approximate surface area is 198 Å². The van der Waals surface area contributed by atoms with Gasteiger partial charge in [0.15, 0.2) is 12.7 Å². The maximum Gasteiger partial charge on any atom is 0.268 e. The Morgan fingerprint density at radius 3 is 2.64 bits per heavy atom. The highest BCUT2D eigenvalue weighted by atomic mass is 35.5. The van der Waals surface area contributed by atoms with Crippen LogP contribution in [0.2, 0.25) is 5.02 Å². The van der Waals surface area contributed by atoms with E-state index in [1.807, 2.05) is 36.4 Å². The van der Waals surface area contributed by atoms with Gasteiger partial charge in [-0.05, 0) is 66.9 Å². The van der Waals surface area contributed by atoms with Gasteiger partial charge in [-0.3, -0.25) is 9.59 Å². The SMILES string of the molecule is CCc1cccc(OCC(=O)Nc2ccc3c(c2)N(Cc2ccc(Cl)cc2)C(=O)C(C)O3)c1. The van der Waals surface area contributed by atoms with Crippen molar-refractivity contribution in [2.45, 2.75) is 32.9 Å². The number of nitrogens with zero attached hydrogens (tertiary/aromatic N) is 1. The van der Waals surface area contributed by atoms with Crippen molar-refractivity contribution in [1.82, 2.24) is 0 Å². The van der Waals surface area contributed by atoms with Crippen molar-refractivity contribution in [3.05, 3.63) is 82.9 Å². The summed E-state index contributed by atoms with van der Waals surface area (Å²) in [6.07, 6.45) is 0.294. The van der Waals surface area contributed by atoms with Crippen LogP contribution in [0.3, 0.4) is 0 Å². The van der Waals surface area contributed by atoms with Gasteiger partial charge < -0.3 is 19.7 Å². The first-order chi connectivity index (χ1) is 15.9.